The Morgan fingerprint density at radius 1 is 1.35 bits per heavy atom. The van der Waals surface area contributed by atoms with Crippen molar-refractivity contribution in [3.63, 3.8) is 0 Å². The number of carbonyl (C=O) groups is 1. The zero-order valence-electron chi connectivity index (χ0n) is 16.4. The molecule has 7 nitrogen and oxygen atoms in total. The van der Waals surface area contributed by atoms with Crippen molar-refractivity contribution >= 4 is 41.5 Å². The van der Waals surface area contributed by atoms with Crippen molar-refractivity contribution in [2.45, 2.75) is 40.0 Å². The van der Waals surface area contributed by atoms with Crippen molar-refractivity contribution in [2.75, 3.05) is 37.6 Å². The fourth-order valence-corrected chi connectivity index (χ4v) is 2.95. The highest BCUT2D eigenvalue weighted by molar-refractivity contribution is 14.0. The molecule has 1 aliphatic heterocycles. The van der Waals surface area contributed by atoms with Crippen molar-refractivity contribution < 1.29 is 4.79 Å². The lowest BCUT2D eigenvalue weighted by Crippen LogP contribution is -2.55. The van der Waals surface area contributed by atoms with Crippen molar-refractivity contribution in [3.8, 4) is 0 Å². The highest BCUT2D eigenvalue weighted by Crippen LogP contribution is 2.16. The predicted octanol–water partition coefficient (Wildman–Crippen LogP) is 2.48. The van der Waals surface area contributed by atoms with Gasteiger partial charge in [-0.2, -0.15) is 5.10 Å². The second kappa shape index (κ2) is 11.4. The quantitative estimate of drug-likeness (QED) is 0.284. The molecule has 2 heterocycles. The van der Waals surface area contributed by atoms with Gasteiger partial charge in [0.1, 0.15) is 6.54 Å². The maximum absolute atomic E-state index is 12.5. The van der Waals surface area contributed by atoms with Gasteiger partial charge in [-0.1, -0.05) is 26.7 Å². The van der Waals surface area contributed by atoms with E-state index in [-0.39, 0.29) is 29.9 Å². The number of hydrogen-bond acceptors (Lipinski definition) is 3. The first-order valence-corrected chi connectivity index (χ1v) is 9.33. The summed E-state index contributed by atoms with van der Waals surface area (Å²) in [6.45, 7) is 9.96. The number of aliphatic imine (C=N–C) groups is 1. The van der Waals surface area contributed by atoms with Crippen LogP contribution >= 0.6 is 24.0 Å². The van der Waals surface area contributed by atoms with Gasteiger partial charge in [0.15, 0.2) is 5.96 Å². The van der Waals surface area contributed by atoms with E-state index in [1.54, 1.807) is 15.8 Å². The number of aromatic nitrogens is 2. The maximum atomic E-state index is 12.5. The SMILES string of the molecule is CCNC(=NCCCCC(C)C)N1CCN(c2cnn(C)c2)C(=O)C1.I. The van der Waals surface area contributed by atoms with Crippen LogP contribution in [0.15, 0.2) is 17.4 Å². The highest BCUT2D eigenvalue weighted by atomic mass is 127. The van der Waals surface area contributed by atoms with Gasteiger partial charge >= 0.3 is 0 Å². The molecule has 0 aliphatic carbocycles. The highest BCUT2D eigenvalue weighted by Gasteiger charge is 2.27. The molecule has 0 aromatic carbocycles. The van der Waals surface area contributed by atoms with Crippen LogP contribution in [0.3, 0.4) is 0 Å². The average molecular weight is 476 g/mol. The van der Waals surface area contributed by atoms with Gasteiger partial charge in [0.05, 0.1) is 11.9 Å². The van der Waals surface area contributed by atoms with Gasteiger partial charge in [0, 0.05) is 39.4 Å². The molecule has 0 bridgehead atoms. The Balaban J connectivity index is 0.00000338. The molecule has 0 saturated carbocycles. The normalized spacial score (nSPS) is 15.4. The zero-order chi connectivity index (χ0) is 18.2. The van der Waals surface area contributed by atoms with E-state index in [0.29, 0.717) is 13.1 Å². The van der Waals surface area contributed by atoms with Gasteiger partial charge < -0.3 is 15.1 Å². The van der Waals surface area contributed by atoms with Gasteiger partial charge in [-0.05, 0) is 19.3 Å². The number of guanidine groups is 1. The average Bonchev–Trinajstić information content (AvgIpc) is 2.99. The number of halogens is 1. The topological polar surface area (TPSA) is 65.8 Å². The van der Waals surface area contributed by atoms with Gasteiger partial charge in [0.2, 0.25) is 5.91 Å². The molecule has 0 unspecified atom stereocenters. The van der Waals surface area contributed by atoms with Crippen LogP contribution in [0.1, 0.15) is 40.0 Å². The molecule has 1 saturated heterocycles. The lowest BCUT2D eigenvalue weighted by atomic mass is 10.1. The molecule has 26 heavy (non-hydrogen) atoms. The summed E-state index contributed by atoms with van der Waals surface area (Å²) in [6.07, 6.45) is 7.16. The monoisotopic (exact) mass is 476 g/mol. The molecule has 1 fully saturated rings. The minimum Gasteiger partial charge on any atom is -0.357 e. The predicted molar refractivity (Wildman–Crippen MR) is 117 cm³/mol. The number of anilines is 1. The van der Waals surface area contributed by atoms with Crippen LogP contribution in [-0.4, -0.2) is 59.3 Å². The number of rotatable bonds is 7. The third-order valence-corrected chi connectivity index (χ3v) is 4.31. The molecule has 2 rings (SSSR count). The largest absolute Gasteiger partial charge is 0.357 e. The molecule has 1 aliphatic rings. The van der Waals surface area contributed by atoms with Gasteiger partial charge in [-0.25, -0.2) is 0 Å². The molecule has 148 valence electrons. The number of piperazine rings is 1. The number of nitrogens with one attached hydrogen (secondary N) is 1. The number of hydrogen-bond donors (Lipinski definition) is 1. The van der Waals surface area contributed by atoms with Gasteiger partial charge in [-0.15, -0.1) is 24.0 Å². The molecule has 1 aromatic heterocycles. The lowest BCUT2D eigenvalue weighted by molar-refractivity contribution is -0.120. The molecule has 0 spiro atoms. The van der Waals surface area contributed by atoms with Crippen LogP contribution in [0.2, 0.25) is 0 Å². The van der Waals surface area contributed by atoms with Crippen LogP contribution in [-0.2, 0) is 11.8 Å². The molecule has 1 amide bonds. The van der Waals surface area contributed by atoms with E-state index in [1.165, 1.54) is 12.8 Å². The Labute approximate surface area is 174 Å². The second-order valence-corrected chi connectivity index (χ2v) is 6.96. The number of carbonyl (C=O) groups excluding carboxylic acids is 1. The van der Waals surface area contributed by atoms with Crippen LogP contribution < -0.4 is 10.2 Å². The van der Waals surface area contributed by atoms with Crippen molar-refractivity contribution in [1.29, 1.82) is 0 Å². The number of nitrogens with zero attached hydrogens (tertiary/aromatic N) is 5. The van der Waals surface area contributed by atoms with E-state index in [4.69, 9.17) is 4.99 Å². The fourth-order valence-electron chi connectivity index (χ4n) is 2.95. The molecule has 8 heteroatoms. The Morgan fingerprint density at radius 2 is 2.12 bits per heavy atom. The molecule has 0 radical (unpaired) electrons. The van der Waals surface area contributed by atoms with Crippen LogP contribution in [0.4, 0.5) is 5.69 Å². The van der Waals surface area contributed by atoms with Crippen molar-refractivity contribution in [3.05, 3.63) is 12.4 Å². The minimum atomic E-state index is 0. The zero-order valence-corrected chi connectivity index (χ0v) is 18.8. The van der Waals surface area contributed by atoms with Gasteiger partial charge in [-0.3, -0.25) is 14.5 Å². The first-order valence-electron chi connectivity index (χ1n) is 9.33. The number of aryl methyl sites for hydroxylation is 1. The summed E-state index contributed by atoms with van der Waals surface area (Å²) >= 11 is 0. The van der Waals surface area contributed by atoms with Crippen molar-refractivity contribution in [2.24, 2.45) is 18.0 Å². The second-order valence-electron chi connectivity index (χ2n) is 6.96. The van der Waals surface area contributed by atoms with Gasteiger partial charge in [0.25, 0.3) is 0 Å². The summed E-state index contributed by atoms with van der Waals surface area (Å²) in [7, 11) is 1.86. The molecule has 1 N–H and O–H groups in total. The smallest absolute Gasteiger partial charge is 0.246 e. The summed E-state index contributed by atoms with van der Waals surface area (Å²) in [6, 6.07) is 0. The van der Waals surface area contributed by atoms with Crippen LogP contribution in [0, 0.1) is 5.92 Å². The van der Waals surface area contributed by atoms with E-state index in [1.807, 2.05) is 13.2 Å². The lowest BCUT2D eigenvalue weighted by Gasteiger charge is -2.35. The van der Waals surface area contributed by atoms with Crippen LogP contribution in [0.5, 0.6) is 0 Å². The maximum Gasteiger partial charge on any atom is 0.246 e. The molecular formula is C18H33IN6O. The van der Waals surface area contributed by atoms with E-state index >= 15 is 0 Å². The Kier molecular flexibility index (Phi) is 9.97. The number of amides is 1. The van der Waals surface area contributed by atoms with Crippen LogP contribution in [0.25, 0.3) is 0 Å². The summed E-state index contributed by atoms with van der Waals surface area (Å²) < 4.78 is 1.72. The molecule has 0 atom stereocenters. The third kappa shape index (κ3) is 6.77. The minimum absolute atomic E-state index is 0. The summed E-state index contributed by atoms with van der Waals surface area (Å²) in [5, 5.41) is 7.47. The Hall–Kier alpha value is -1.32. The van der Waals surface area contributed by atoms with E-state index in [9.17, 15) is 4.79 Å². The van der Waals surface area contributed by atoms with E-state index in [2.05, 4.69) is 36.1 Å². The van der Waals surface area contributed by atoms with E-state index in [0.717, 1.165) is 43.6 Å². The Bertz CT molecular complexity index is 586. The first kappa shape index (κ1) is 22.7. The molecule has 1 aromatic rings. The van der Waals surface area contributed by atoms with E-state index < -0.39 is 0 Å². The number of unbranched alkanes of at least 4 members (excludes halogenated alkanes) is 1. The summed E-state index contributed by atoms with van der Waals surface area (Å²) in [5.74, 6) is 1.69. The van der Waals surface area contributed by atoms with Crippen molar-refractivity contribution in [1.82, 2.24) is 20.0 Å². The summed E-state index contributed by atoms with van der Waals surface area (Å²) in [4.78, 5) is 21.1. The molecular weight excluding hydrogens is 443 g/mol. The third-order valence-electron chi connectivity index (χ3n) is 4.31. The standard InChI is InChI=1S/C18H32N6O.HI/c1-5-19-18(20-9-7-6-8-15(2)3)23-10-11-24(17(25)14-23)16-12-21-22(4)13-16;/h12-13,15H,5-11,14H2,1-4H3,(H,19,20);1H. The first-order chi connectivity index (χ1) is 12.0. The summed E-state index contributed by atoms with van der Waals surface area (Å²) in [5.41, 5.74) is 0.864. The fraction of sp³-hybridized carbons (Fsp3) is 0.722. The Morgan fingerprint density at radius 3 is 2.69 bits per heavy atom.